The van der Waals surface area contributed by atoms with E-state index in [9.17, 15) is 27.6 Å². The average Bonchev–Trinajstić information content (AvgIpc) is 3.27. The van der Waals surface area contributed by atoms with E-state index in [4.69, 9.17) is 16.6 Å². The number of carboxylic acid groups (broad SMARTS) is 1. The summed E-state index contributed by atoms with van der Waals surface area (Å²) in [5, 5.41) is 11.7. The quantitative estimate of drug-likeness (QED) is 0.109. The van der Waals surface area contributed by atoms with Gasteiger partial charge in [0.2, 0.25) is 21.8 Å². The topological polar surface area (TPSA) is 206 Å². The van der Waals surface area contributed by atoms with E-state index < -0.39 is 58.3 Å². The summed E-state index contributed by atoms with van der Waals surface area (Å²) in [6.07, 6.45) is 1.59. The van der Waals surface area contributed by atoms with Gasteiger partial charge in [-0.2, -0.15) is 4.31 Å². The van der Waals surface area contributed by atoms with Crippen LogP contribution in [0.2, 0.25) is 0 Å². The van der Waals surface area contributed by atoms with Crippen molar-refractivity contribution in [3.05, 3.63) is 35.9 Å². The first-order valence-electron chi connectivity index (χ1n) is 12.0. The van der Waals surface area contributed by atoms with Crippen LogP contribution in [0.15, 0.2) is 35.3 Å². The van der Waals surface area contributed by atoms with Crippen LogP contribution in [0.1, 0.15) is 37.7 Å². The fourth-order valence-corrected chi connectivity index (χ4v) is 6.17. The summed E-state index contributed by atoms with van der Waals surface area (Å²) >= 11 is 0. The van der Waals surface area contributed by atoms with Gasteiger partial charge < -0.3 is 26.8 Å². The molecule has 2 saturated heterocycles. The molecule has 2 fully saturated rings. The number of carbonyl (C=O) groups is 4. The standard InChI is InChI=1S/C23H32N6O7S/c24-23(25)26-11-5-4-8-17(20(31)22(33)34)27-21(32)18-10-9-16-12-28(13-19(30)29(16)18)37(35,36)14-15-6-2-1-3-7-15/h1-3,6-7,16-18H,4-5,8-14H2,(H,27,32)(H,33,34)(H4,24,25,26)/t16-,17?,18-/m0/s1. The van der Waals surface area contributed by atoms with Gasteiger partial charge in [-0.25, -0.2) is 13.2 Å². The number of amides is 2. The van der Waals surface area contributed by atoms with Crippen LogP contribution >= 0.6 is 0 Å². The molecule has 1 aromatic rings. The fourth-order valence-electron chi connectivity index (χ4n) is 4.67. The number of carbonyl (C=O) groups excluding carboxylic acids is 3. The number of sulfonamides is 1. The smallest absolute Gasteiger partial charge is 0.374 e. The molecule has 2 heterocycles. The van der Waals surface area contributed by atoms with E-state index in [0.29, 0.717) is 31.4 Å². The number of hydrogen-bond acceptors (Lipinski definition) is 7. The van der Waals surface area contributed by atoms with Crippen molar-refractivity contribution in [1.82, 2.24) is 14.5 Å². The summed E-state index contributed by atoms with van der Waals surface area (Å²) in [5.74, 6) is -4.30. The van der Waals surface area contributed by atoms with Crippen LogP contribution in [-0.2, 0) is 35.0 Å². The molecule has 3 atom stereocenters. The van der Waals surface area contributed by atoms with Crippen molar-refractivity contribution < 1.29 is 32.7 Å². The van der Waals surface area contributed by atoms with E-state index in [-0.39, 0.29) is 31.1 Å². The van der Waals surface area contributed by atoms with Gasteiger partial charge in [0.15, 0.2) is 5.96 Å². The monoisotopic (exact) mass is 536 g/mol. The van der Waals surface area contributed by atoms with Crippen molar-refractivity contribution in [1.29, 1.82) is 0 Å². The maximum atomic E-state index is 13.0. The summed E-state index contributed by atoms with van der Waals surface area (Å²) in [7, 11) is -3.76. The summed E-state index contributed by atoms with van der Waals surface area (Å²) in [5.41, 5.74) is 11.1. The van der Waals surface area contributed by atoms with E-state index in [0.717, 1.165) is 4.31 Å². The first kappa shape index (κ1) is 28.1. The Kier molecular flexibility index (Phi) is 9.21. The number of piperazine rings is 1. The molecule has 0 aromatic heterocycles. The Bertz CT molecular complexity index is 1150. The number of guanidine groups is 1. The van der Waals surface area contributed by atoms with Crippen molar-refractivity contribution in [2.24, 2.45) is 16.5 Å². The number of unbranched alkanes of at least 4 members (excludes halogenated alkanes) is 1. The number of fused-ring (bicyclic) bond motifs is 1. The number of hydrogen-bond donors (Lipinski definition) is 4. The zero-order valence-corrected chi connectivity index (χ0v) is 21.1. The van der Waals surface area contributed by atoms with E-state index in [1.54, 1.807) is 30.3 Å². The molecule has 202 valence electrons. The number of aliphatic imine (C=N–C) groups is 1. The Labute approximate surface area is 214 Å². The molecule has 6 N–H and O–H groups in total. The van der Waals surface area contributed by atoms with Crippen molar-refractivity contribution >= 4 is 39.5 Å². The van der Waals surface area contributed by atoms with Gasteiger partial charge in [0.05, 0.1) is 18.3 Å². The lowest BCUT2D eigenvalue weighted by atomic mass is 10.0. The van der Waals surface area contributed by atoms with Crippen LogP contribution in [-0.4, -0.2) is 90.0 Å². The summed E-state index contributed by atoms with van der Waals surface area (Å²) in [6, 6.07) is 5.97. The van der Waals surface area contributed by atoms with Gasteiger partial charge in [0.1, 0.15) is 6.04 Å². The molecular weight excluding hydrogens is 504 g/mol. The molecular formula is C23H32N6O7S. The largest absolute Gasteiger partial charge is 0.475 e. The lowest BCUT2D eigenvalue weighted by molar-refractivity contribution is -0.151. The number of benzene rings is 1. The minimum atomic E-state index is -3.76. The summed E-state index contributed by atoms with van der Waals surface area (Å²) < 4.78 is 27.0. The highest BCUT2D eigenvalue weighted by molar-refractivity contribution is 7.88. The van der Waals surface area contributed by atoms with Crippen LogP contribution in [0.3, 0.4) is 0 Å². The second-order valence-corrected chi connectivity index (χ2v) is 11.1. The third kappa shape index (κ3) is 7.26. The Morgan fingerprint density at radius 2 is 1.84 bits per heavy atom. The number of nitrogens with two attached hydrogens (primary N) is 2. The first-order chi connectivity index (χ1) is 17.5. The fraction of sp³-hybridized carbons (Fsp3) is 0.522. The van der Waals surface area contributed by atoms with E-state index >= 15 is 0 Å². The number of aliphatic carboxylic acids is 1. The van der Waals surface area contributed by atoms with Crippen LogP contribution in [0.5, 0.6) is 0 Å². The second kappa shape index (κ2) is 12.1. The lowest BCUT2D eigenvalue weighted by Crippen LogP contribution is -2.60. The highest BCUT2D eigenvalue weighted by Crippen LogP contribution is 2.30. The Morgan fingerprint density at radius 1 is 1.14 bits per heavy atom. The molecule has 37 heavy (non-hydrogen) atoms. The number of ketones is 1. The molecule has 3 rings (SSSR count). The Morgan fingerprint density at radius 3 is 2.49 bits per heavy atom. The molecule has 2 aliphatic rings. The zero-order valence-electron chi connectivity index (χ0n) is 20.3. The number of nitrogens with zero attached hydrogens (tertiary/aromatic N) is 3. The van der Waals surface area contributed by atoms with Crippen molar-refractivity contribution in [3.8, 4) is 0 Å². The van der Waals surface area contributed by atoms with Gasteiger partial charge in [-0.15, -0.1) is 0 Å². The normalized spacial score (nSPS) is 20.6. The van der Waals surface area contributed by atoms with Crippen LogP contribution in [0, 0.1) is 0 Å². The number of carboxylic acids is 1. The Balaban J connectivity index is 1.63. The molecule has 2 amide bonds. The molecule has 1 aromatic carbocycles. The van der Waals surface area contributed by atoms with Crippen molar-refractivity contribution in [2.75, 3.05) is 19.6 Å². The zero-order chi connectivity index (χ0) is 27.2. The number of rotatable bonds is 12. The van der Waals surface area contributed by atoms with Crippen LogP contribution < -0.4 is 16.8 Å². The molecule has 0 spiro atoms. The second-order valence-electron chi connectivity index (χ2n) is 9.12. The predicted octanol–water partition coefficient (Wildman–Crippen LogP) is -1.23. The molecule has 0 bridgehead atoms. The number of Topliss-reactive ketones (excluding diaryl/α,β-unsaturated/α-hetero) is 1. The predicted molar refractivity (Wildman–Crippen MR) is 133 cm³/mol. The summed E-state index contributed by atoms with van der Waals surface area (Å²) in [4.78, 5) is 54.7. The first-order valence-corrected chi connectivity index (χ1v) is 13.6. The van der Waals surface area contributed by atoms with Gasteiger partial charge in [-0.05, 0) is 37.7 Å². The molecule has 0 saturated carbocycles. The Hall–Kier alpha value is -3.52. The van der Waals surface area contributed by atoms with Crippen molar-refractivity contribution in [3.63, 3.8) is 0 Å². The lowest BCUT2D eigenvalue weighted by Gasteiger charge is -2.38. The minimum absolute atomic E-state index is 0.0620. The number of nitrogens with one attached hydrogen (secondary N) is 1. The van der Waals surface area contributed by atoms with Gasteiger partial charge in [-0.1, -0.05) is 30.3 Å². The SMILES string of the molecule is NC(N)=NCCCCC(NC(=O)[C@@H]1CC[C@H]2CN(S(=O)(=O)Cc3ccccc3)CC(=O)N21)C(=O)C(=O)O. The molecule has 13 nitrogen and oxygen atoms in total. The van der Waals surface area contributed by atoms with E-state index in [2.05, 4.69) is 10.3 Å². The van der Waals surface area contributed by atoms with E-state index in [1.165, 1.54) is 4.90 Å². The van der Waals surface area contributed by atoms with Crippen LogP contribution in [0.4, 0.5) is 0 Å². The van der Waals surface area contributed by atoms with E-state index in [1.807, 2.05) is 0 Å². The van der Waals surface area contributed by atoms with Gasteiger partial charge in [0, 0.05) is 19.1 Å². The van der Waals surface area contributed by atoms with Crippen molar-refractivity contribution in [2.45, 2.75) is 56.0 Å². The maximum Gasteiger partial charge on any atom is 0.374 e. The van der Waals surface area contributed by atoms with Crippen LogP contribution in [0.25, 0.3) is 0 Å². The minimum Gasteiger partial charge on any atom is -0.475 e. The highest BCUT2D eigenvalue weighted by atomic mass is 32.2. The summed E-state index contributed by atoms with van der Waals surface area (Å²) in [6.45, 7) is -0.0365. The highest BCUT2D eigenvalue weighted by Gasteiger charge is 2.47. The maximum absolute atomic E-state index is 13.0. The van der Waals surface area contributed by atoms with Gasteiger partial charge in [0.25, 0.3) is 5.78 Å². The molecule has 0 aliphatic carbocycles. The average molecular weight is 537 g/mol. The molecule has 0 radical (unpaired) electrons. The third-order valence-corrected chi connectivity index (χ3v) is 8.21. The van der Waals surface area contributed by atoms with Gasteiger partial charge >= 0.3 is 5.97 Å². The molecule has 14 heteroatoms. The van der Waals surface area contributed by atoms with Gasteiger partial charge in [-0.3, -0.25) is 19.4 Å². The third-order valence-electron chi connectivity index (χ3n) is 6.44. The molecule has 2 aliphatic heterocycles. The molecule has 1 unspecified atom stereocenters.